The summed E-state index contributed by atoms with van der Waals surface area (Å²) in [4.78, 5) is 22.2. The van der Waals surface area contributed by atoms with Gasteiger partial charge in [0.15, 0.2) is 6.10 Å². The van der Waals surface area contributed by atoms with E-state index >= 15 is 0 Å². The number of aromatic carboxylic acids is 1. The third-order valence-electron chi connectivity index (χ3n) is 3.26. The average molecular weight is 291 g/mol. The van der Waals surface area contributed by atoms with Gasteiger partial charge in [0.25, 0.3) is 0 Å². The highest BCUT2D eigenvalue weighted by Gasteiger charge is 2.38. The molecule has 1 aromatic carbocycles. The lowest BCUT2D eigenvalue weighted by Gasteiger charge is -2.22. The van der Waals surface area contributed by atoms with Crippen molar-refractivity contribution < 1.29 is 24.5 Å². The van der Waals surface area contributed by atoms with Crippen LogP contribution in [0, 0.1) is 0 Å². The van der Waals surface area contributed by atoms with Gasteiger partial charge < -0.3 is 20.3 Å². The Kier molecular flexibility index (Phi) is 4.59. The van der Waals surface area contributed by atoms with Crippen LogP contribution in [-0.2, 0) is 9.53 Å². The molecule has 1 fully saturated rings. The van der Waals surface area contributed by atoms with Crippen molar-refractivity contribution in [2.45, 2.75) is 31.6 Å². The molecular formula is C15H17NO5. The van der Waals surface area contributed by atoms with E-state index in [4.69, 9.17) is 9.84 Å². The minimum Gasteiger partial charge on any atom is -0.478 e. The number of anilines is 1. The number of hydrogen-bond acceptors (Lipinski definition) is 5. The van der Waals surface area contributed by atoms with Crippen LogP contribution >= 0.6 is 0 Å². The maximum atomic E-state index is 11.4. The Hall–Kier alpha value is -2.34. The average Bonchev–Trinajstić information content (AvgIpc) is 2.80. The van der Waals surface area contributed by atoms with Crippen LogP contribution in [0.25, 0.3) is 0 Å². The van der Waals surface area contributed by atoms with Gasteiger partial charge in [0, 0.05) is 5.69 Å². The van der Waals surface area contributed by atoms with Gasteiger partial charge in [-0.15, -0.1) is 0 Å². The molecule has 6 nitrogen and oxygen atoms in total. The van der Waals surface area contributed by atoms with E-state index < -0.39 is 18.2 Å². The second-order valence-corrected chi connectivity index (χ2v) is 4.81. The smallest absolute Gasteiger partial charge is 0.335 e. The van der Waals surface area contributed by atoms with Gasteiger partial charge in [-0.25, -0.2) is 4.79 Å². The Morgan fingerprint density at radius 3 is 2.67 bits per heavy atom. The molecule has 0 spiro atoms. The lowest BCUT2D eigenvalue weighted by atomic mass is 10.0. The first-order valence-corrected chi connectivity index (χ1v) is 6.61. The third kappa shape index (κ3) is 3.61. The molecule has 1 aromatic rings. The van der Waals surface area contributed by atoms with E-state index in [2.05, 4.69) is 5.32 Å². The maximum absolute atomic E-state index is 11.4. The van der Waals surface area contributed by atoms with E-state index in [-0.39, 0.29) is 24.0 Å². The lowest BCUT2D eigenvalue weighted by molar-refractivity contribution is -0.144. The van der Waals surface area contributed by atoms with Crippen molar-refractivity contribution in [1.29, 1.82) is 0 Å². The number of cyclic esters (lactones) is 1. The first kappa shape index (κ1) is 15.1. The topological polar surface area (TPSA) is 95.9 Å². The maximum Gasteiger partial charge on any atom is 0.335 e. The molecule has 3 atom stereocenters. The van der Waals surface area contributed by atoms with Gasteiger partial charge >= 0.3 is 11.9 Å². The molecule has 0 aliphatic carbocycles. The standard InChI is InChI=1S/C15H17NO5/c1-2-3-12(17)14-11(8-13(18)21-14)16-10-6-4-9(5-7-10)15(19)20/h2-7,11-12,14,16-17H,8H2,1H3,(H,19,20)/b3-2+. The summed E-state index contributed by atoms with van der Waals surface area (Å²) < 4.78 is 5.13. The SMILES string of the molecule is C/C=C/C(O)C1OC(=O)CC1Nc1ccc(C(=O)O)cc1. The molecule has 112 valence electrons. The number of aliphatic hydroxyl groups excluding tert-OH is 1. The van der Waals surface area contributed by atoms with E-state index in [0.717, 1.165) is 0 Å². The number of carbonyl (C=O) groups is 2. The zero-order chi connectivity index (χ0) is 15.4. The lowest BCUT2D eigenvalue weighted by Crippen LogP contribution is -2.38. The fourth-order valence-electron chi connectivity index (χ4n) is 2.25. The predicted molar refractivity (Wildman–Crippen MR) is 76.1 cm³/mol. The Morgan fingerprint density at radius 2 is 2.10 bits per heavy atom. The molecule has 6 heteroatoms. The number of hydrogen-bond donors (Lipinski definition) is 3. The summed E-state index contributed by atoms with van der Waals surface area (Å²) in [5, 5.41) is 21.9. The molecule has 1 aliphatic heterocycles. The van der Waals surface area contributed by atoms with Gasteiger partial charge in [0.1, 0.15) is 6.10 Å². The number of nitrogens with one attached hydrogen (secondary N) is 1. The number of aliphatic hydroxyl groups is 1. The van der Waals surface area contributed by atoms with Crippen molar-refractivity contribution in [3.05, 3.63) is 42.0 Å². The number of allylic oxidation sites excluding steroid dienone is 1. The van der Waals surface area contributed by atoms with Gasteiger partial charge in [0.2, 0.25) is 0 Å². The summed E-state index contributed by atoms with van der Waals surface area (Å²) in [6.07, 6.45) is 1.87. The Morgan fingerprint density at radius 1 is 1.43 bits per heavy atom. The zero-order valence-corrected chi connectivity index (χ0v) is 11.5. The van der Waals surface area contributed by atoms with E-state index in [1.807, 2.05) is 0 Å². The van der Waals surface area contributed by atoms with Crippen LogP contribution in [-0.4, -0.2) is 40.4 Å². The largest absolute Gasteiger partial charge is 0.478 e. The first-order valence-electron chi connectivity index (χ1n) is 6.61. The normalized spacial score (nSPS) is 23.0. The van der Waals surface area contributed by atoms with Crippen LogP contribution in [0.1, 0.15) is 23.7 Å². The van der Waals surface area contributed by atoms with E-state index in [9.17, 15) is 14.7 Å². The molecule has 21 heavy (non-hydrogen) atoms. The van der Waals surface area contributed by atoms with Gasteiger partial charge in [-0.1, -0.05) is 12.2 Å². The van der Waals surface area contributed by atoms with Crippen molar-refractivity contribution in [2.24, 2.45) is 0 Å². The number of ether oxygens (including phenoxy) is 1. The molecule has 0 saturated carbocycles. The summed E-state index contributed by atoms with van der Waals surface area (Å²) in [6, 6.07) is 5.81. The second kappa shape index (κ2) is 6.41. The third-order valence-corrected chi connectivity index (χ3v) is 3.26. The van der Waals surface area contributed by atoms with Crippen LogP contribution in [0.2, 0.25) is 0 Å². The molecule has 1 heterocycles. The van der Waals surface area contributed by atoms with Crippen LogP contribution < -0.4 is 5.32 Å². The fourth-order valence-corrected chi connectivity index (χ4v) is 2.25. The van der Waals surface area contributed by atoms with Crippen molar-refractivity contribution in [2.75, 3.05) is 5.32 Å². The van der Waals surface area contributed by atoms with E-state index in [0.29, 0.717) is 5.69 Å². The summed E-state index contributed by atoms with van der Waals surface area (Å²) in [7, 11) is 0. The van der Waals surface area contributed by atoms with Gasteiger partial charge in [-0.05, 0) is 31.2 Å². The molecule has 3 unspecified atom stereocenters. The fraction of sp³-hybridized carbons (Fsp3) is 0.333. The highest BCUT2D eigenvalue weighted by Crippen LogP contribution is 2.23. The number of esters is 1. The summed E-state index contributed by atoms with van der Waals surface area (Å²) >= 11 is 0. The van der Waals surface area contributed by atoms with Crippen molar-refractivity contribution in [1.82, 2.24) is 0 Å². The monoisotopic (exact) mass is 291 g/mol. The molecule has 1 aliphatic rings. The number of carboxylic acids is 1. The number of benzene rings is 1. The van der Waals surface area contributed by atoms with E-state index in [1.165, 1.54) is 12.1 Å². The van der Waals surface area contributed by atoms with Crippen LogP contribution in [0.3, 0.4) is 0 Å². The molecular weight excluding hydrogens is 274 g/mol. The zero-order valence-electron chi connectivity index (χ0n) is 11.5. The number of rotatable bonds is 5. The molecule has 3 N–H and O–H groups in total. The molecule has 0 amide bonds. The molecule has 0 radical (unpaired) electrons. The number of carbonyl (C=O) groups excluding carboxylic acids is 1. The second-order valence-electron chi connectivity index (χ2n) is 4.81. The predicted octanol–water partition coefficient (Wildman–Crippen LogP) is 1.42. The molecule has 0 aromatic heterocycles. The van der Waals surface area contributed by atoms with E-state index in [1.54, 1.807) is 31.2 Å². The molecule has 2 rings (SSSR count). The summed E-state index contributed by atoms with van der Waals surface area (Å²) in [5.41, 5.74) is 0.853. The van der Waals surface area contributed by atoms with Crippen molar-refractivity contribution in [3.8, 4) is 0 Å². The number of carboxylic acid groups (broad SMARTS) is 1. The van der Waals surface area contributed by atoms with Crippen molar-refractivity contribution >= 4 is 17.6 Å². The summed E-state index contributed by atoms with van der Waals surface area (Å²) in [6.45, 7) is 1.77. The highest BCUT2D eigenvalue weighted by atomic mass is 16.6. The summed E-state index contributed by atoms with van der Waals surface area (Å²) in [5.74, 6) is -1.37. The van der Waals surface area contributed by atoms with Crippen LogP contribution in [0.15, 0.2) is 36.4 Å². The molecule has 1 saturated heterocycles. The van der Waals surface area contributed by atoms with Gasteiger partial charge in [0.05, 0.1) is 18.0 Å². The van der Waals surface area contributed by atoms with Gasteiger partial charge in [-0.2, -0.15) is 0 Å². The van der Waals surface area contributed by atoms with Crippen LogP contribution in [0.4, 0.5) is 5.69 Å². The Balaban J connectivity index is 2.09. The molecule has 0 bridgehead atoms. The highest BCUT2D eigenvalue weighted by molar-refractivity contribution is 5.88. The first-order chi connectivity index (χ1) is 10.0. The van der Waals surface area contributed by atoms with Crippen LogP contribution in [0.5, 0.6) is 0 Å². The minimum absolute atomic E-state index is 0.153. The minimum atomic E-state index is -0.998. The van der Waals surface area contributed by atoms with Crippen molar-refractivity contribution in [3.63, 3.8) is 0 Å². The Labute approximate surface area is 122 Å². The van der Waals surface area contributed by atoms with Gasteiger partial charge in [-0.3, -0.25) is 4.79 Å². The quantitative estimate of drug-likeness (QED) is 0.561. The Bertz CT molecular complexity index is 552.